The molecule has 0 fully saturated rings. The molecule has 64 heavy (non-hydrogen) atoms. The molecular formula is C48H56N8O6S2. The molecule has 14 nitrogen and oxygen atoms in total. The van der Waals surface area contributed by atoms with Crippen molar-refractivity contribution in [2.24, 2.45) is 0 Å². The lowest BCUT2D eigenvalue weighted by atomic mass is 9.95. The molecule has 4 aromatic rings. The van der Waals surface area contributed by atoms with E-state index >= 15 is 0 Å². The van der Waals surface area contributed by atoms with Gasteiger partial charge in [-0.25, -0.2) is 19.2 Å². The number of hydrogen-bond donors (Lipinski definition) is 6. The monoisotopic (exact) mass is 904 g/mol. The molecule has 16 heteroatoms. The van der Waals surface area contributed by atoms with Crippen LogP contribution in [0.3, 0.4) is 0 Å². The number of benzene rings is 4. The summed E-state index contributed by atoms with van der Waals surface area (Å²) in [6.07, 6.45) is 0.982. The van der Waals surface area contributed by atoms with E-state index in [0.29, 0.717) is 40.3 Å². The SMILES string of the molecule is CC(C)(C)OC(=O)Nc1ccc2c(c1)C(NC(=O)Nc1cccc(C#N)c1)CC(C)(C)S2.CCC(C)OC(=O)Nc1ccc2c(c1)C(NC(=O)Nc1cccc(C#N)c1)CC(C)(C)S2. The Morgan fingerprint density at radius 1 is 0.672 bits per heavy atom. The summed E-state index contributed by atoms with van der Waals surface area (Å²) < 4.78 is 10.5. The van der Waals surface area contributed by atoms with Crippen molar-refractivity contribution in [3.05, 3.63) is 107 Å². The number of rotatable bonds is 8. The minimum Gasteiger partial charge on any atom is -0.446 e. The summed E-state index contributed by atoms with van der Waals surface area (Å²) in [5, 5.41) is 35.3. The number of amides is 6. The summed E-state index contributed by atoms with van der Waals surface area (Å²) in [6.45, 7) is 17.8. The molecule has 3 unspecified atom stereocenters. The third-order valence-corrected chi connectivity index (χ3v) is 12.4. The highest BCUT2D eigenvalue weighted by Crippen LogP contribution is 2.49. The number of carbonyl (C=O) groups excluding carboxylic acids is 4. The standard InChI is InChI=1S/2C24H28N4O3S/c1-23(2,3)31-22(30)27-17-9-10-20-18(12-17)19(13-24(4,5)32-20)28-21(29)26-16-8-6-7-15(11-16)14-25;1-5-15(2)31-23(30)27-18-9-10-21-19(12-18)20(13-24(3,4)32-21)28-22(29)26-17-8-6-7-16(11-17)14-25/h6-12,19H,13H2,1-5H3,(H,27,30)(H2,26,28,29);6-12,15,20H,5,13H2,1-4H3,(H,27,30)(H2,26,28,29). The summed E-state index contributed by atoms with van der Waals surface area (Å²) in [5.41, 5.74) is 4.55. The van der Waals surface area contributed by atoms with Crippen molar-refractivity contribution < 1.29 is 28.7 Å². The van der Waals surface area contributed by atoms with Crippen LogP contribution in [0.2, 0.25) is 0 Å². The molecule has 0 spiro atoms. The number of nitrogens with one attached hydrogen (secondary N) is 6. The van der Waals surface area contributed by atoms with Crippen LogP contribution >= 0.6 is 23.5 Å². The molecule has 336 valence electrons. The minimum atomic E-state index is -0.594. The first-order chi connectivity index (χ1) is 30.1. The third-order valence-electron chi connectivity index (χ3n) is 9.82. The van der Waals surface area contributed by atoms with E-state index in [9.17, 15) is 19.2 Å². The first kappa shape index (κ1) is 48.7. The van der Waals surface area contributed by atoms with E-state index in [0.717, 1.165) is 33.8 Å². The maximum absolute atomic E-state index is 12.7. The Balaban J connectivity index is 0.000000241. The number of thioether (sulfide) groups is 2. The molecule has 6 N–H and O–H groups in total. The molecular weight excluding hydrogens is 849 g/mol. The van der Waals surface area contributed by atoms with E-state index < -0.39 is 17.8 Å². The Morgan fingerprint density at radius 2 is 1.09 bits per heavy atom. The van der Waals surface area contributed by atoms with E-state index in [-0.39, 0.29) is 39.7 Å². The van der Waals surface area contributed by atoms with Crippen LogP contribution < -0.4 is 31.9 Å². The van der Waals surface area contributed by atoms with Crippen molar-refractivity contribution in [2.45, 2.75) is 125 Å². The van der Waals surface area contributed by atoms with E-state index in [1.807, 2.05) is 71.0 Å². The van der Waals surface area contributed by atoms with Crippen molar-refractivity contribution in [3.8, 4) is 12.1 Å². The van der Waals surface area contributed by atoms with Gasteiger partial charge in [-0.3, -0.25) is 10.6 Å². The van der Waals surface area contributed by atoms with Crippen LogP contribution in [-0.2, 0) is 9.47 Å². The average Bonchev–Trinajstić information content (AvgIpc) is 3.20. The predicted molar refractivity (Wildman–Crippen MR) is 254 cm³/mol. The summed E-state index contributed by atoms with van der Waals surface area (Å²) in [5.74, 6) is 0. The fourth-order valence-corrected chi connectivity index (χ4v) is 9.54. The van der Waals surface area contributed by atoms with Crippen LogP contribution in [0.25, 0.3) is 0 Å². The fourth-order valence-electron chi connectivity index (χ4n) is 6.94. The number of anilines is 4. The van der Waals surface area contributed by atoms with Gasteiger partial charge in [-0.05, 0) is 131 Å². The van der Waals surface area contributed by atoms with E-state index in [1.54, 1.807) is 72.1 Å². The molecule has 0 saturated carbocycles. The Morgan fingerprint density at radius 3 is 1.50 bits per heavy atom. The zero-order valence-corrected chi connectivity index (χ0v) is 39.2. The maximum atomic E-state index is 12.7. The number of nitriles is 2. The molecule has 2 aliphatic rings. The van der Waals surface area contributed by atoms with Crippen molar-refractivity contribution in [2.75, 3.05) is 21.3 Å². The van der Waals surface area contributed by atoms with Crippen LogP contribution in [0.4, 0.5) is 41.9 Å². The number of ether oxygens (including phenoxy) is 2. The Bertz CT molecular complexity index is 2460. The lowest BCUT2D eigenvalue weighted by molar-refractivity contribution is 0.0635. The highest BCUT2D eigenvalue weighted by Gasteiger charge is 2.36. The molecule has 0 saturated heterocycles. The Labute approximate surface area is 384 Å². The number of nitrogens with zero attached hydrogens (tertiary/aromatic N) is 2. The quantitative estimate of drug-likeness (QED) is 0.0986. The van der Waals surface area contributed by atoms with Crippen LogP contribution in [0, 0.1) is 22.7 Å². The number of hydrogen-bond acceptors (Lipinski definition) is 10. The van der Waals surface area contributed by atoms with Gasteiger partial charge in [0.25, 0.3) is 0 Å². The van der Waals surface area contributed by atoms with Gasteiger partial charge in [-0.1, -0.05) is 46.8 Å². The second-order valence-corrected chi connectivity index (χ2v) is 21.2. The molecule has 3 atom stereocenters. The van der Waals surface area contributed by atoms with Gasteiger partial charge in [0.05, 0.1) is 35.3 Å². The Kier molecular flexibility index (Phi) is 15.9. The first-order valence-electron chi connectivity index (χ1n) is 20.9. The van der Waals surface area contributed by atoms with Crippen LogP contribution in [0.1, 0.15) is 116 Å². The second-order valence-electron chi connectivity index (χ2n) is 17.7. The smallest absolute Gasteiger partial charge is 0.412 e. The normalized spacial score (nSPS) is 17.0. The number of carbonyl (C=O) groups is 4. The van der Waals surface area contributed by atoms with Gasteiger partial charge in [0.2, 0.25) is 0 Å². The molecule has 6 rings (SSSR count). The highest BCUT2D eigenvalue weighted by molar-refractivity contribution is 8.01. The van der Waals surface area contributed by atoms with Crippen LogP contribution in [0.5, 0.6) is 0 Å². The second kappa shape index (κ2) is 20.9. The van der Waals surface area contributed by atoms with Gasteiger partial charge in [-0.2, -0.15) is 10.5 Å². The van der Waals surface area contributed by atoms with Crippen molar-refractivity contribution in [3.63, 3.8) is 0 Å². The number of urea groups is 2. The van der Waals surface area contributed by atoms with Crippen molar-refractivity contribution in [1.82, 2.24) is 10.6 Å². The van der Waals surface area contributed by atoms with Crippen LogP contribution in [-0.4, -0.2) is 45.4 Å². The summed E-state index contributed by atoms with van der Waals surface area (Å²) >= 11 is 3.48. The first-order valence-corrected chi connectivity index (χ1v) is 22.6. The van der Waals surface area contributed by atoms with Gasteiger partial charge in [0, 0.05) is 42.0 Å². The third kappa shape index (κ3) is 14.6. The molecule has 6 amide bonds. The topological polar surface area (TPSA) is 206 Å². The lowest BCUT2D eigenvalue weighted by Crippen LogP contribution is -2.38. The van der Waals surface area contributed by atoms with Crippen molar-refractivity contribution in [1.29, 1.82) is 10.5 Å². The van der Waals surface area contributed by atoms with Crippen LogP contribution in [0.15, 0.2) is 94.7 Å². The maximum Gasteiger partial charge on any atom is 0.412 e. The molecule has 0 aliphatic carbocycles. The van der Waals surface area contributed by atoms with E-state index in [1.165, 1.54) is 0 Å². The van der Waals surface area contributed by atoms with Gasteiger partial charge in [0.15, 0.2) is 0 Å². The molecule has 2 heterocycles. The molecule has 4 aromatic carbocycles. The zero-order valence-electron chi connectivity index (χ0n) is 37.6. The Hall–Kier alpha value is -6.36. The molecule has 0 radical (unpaired) electrons. The van der Waals surface area contributed by atoms with Crippen molar-refractivity contribution >= 4 is 70.5 Å². The van der Waals surface area contributed by atoms with E-state index in [2.05, 4.69) is 71.7 Å². The summed E-state index contributed by atoms with van der Waals surface area (Å²) in [7, 11) is 0. The predicted octanol–water partition coefficient (Wildman–Crippen LogP) is 12.1. The fraction of sp³-hybridized carbons (Fsp3) is 0.375. The summed E-state index contributed by atoms with van der Waals surface area (Å²) in [4.78, 5) is 51.8. The van der Waals surface area contributed by atoms with E-state index in [4.69, 9.17) is 20.0 Å². The van der Waals surface area contributed by atoms with Gasteiger partial charge >= 0.3 is 24.2 Å². The lowest BCUT2D eigenvalue weighted by Gasteiger charge is -2.37. The summed E-state index contributed by atoms with van der Waals surface area (Å²) in [6, 6.07) is 27.8. The minimum absolute atomic E-state index is 0.0733. The molecule has 0 aromatic heterocycles. The highest BCUT2D eigenvalue weighted by atomic mass is 32.2. The number of fused-ring (bicyclic) bond motifs is 2. The zero-order chi connectivity index (χ0) is 46.8. The molecule has 0 bridgehead atoms. The van der Waals surface area contributed by atoms with Gasteiger partial charge in [0.1, 0.15) is 11.7 Å². The largest absolute Gasteiger partial charge is 0.446 e. The molecule has 2 aliphatic heterocycles. The average molecular weight is 905 g/mol. The van der Waals surface area contributed by atoms with Gasteiger partial charge in [-0.15, -0.1) is 23.5 Å². The van der Waals surface area contributed by atoms with Gasteiger partial charge < -0.3 is 30.7 Å².